The lowest BCUT2D eigenvalue weighted by Gasteiger charge is -2.65. The van der Waals surface area contributed by atoms with E-state index >= 15 is 0 Å². The van der Waals surface area contributed by atoms with Crippen LogP contribution in [0, 0.1) is 11.3 Å². The van der Waals surface area contributed by atoms with Crippen LogP contribution in [-0.4, -0.2) is 41.9 Å². The molecule has 1 saturated carbocycles. The number of carbonyl (C=O) groups is 1. The van der Waals surface area contributed by atoms with Crippen LogP contribution in [0.4, 0.5) is 0 Å². The molecule has 0 aromatic heterocycles. The number of nitrogens with two attached hydrogens (primary N) is 1. The van der Waals surface area contributed by atoms with Gasteiger partial charge in [0.2, 0.25) is 5.91 Å². The molecule has 1 amide bonds. The zero-order valence-corrected chi connectivity index (χ0v) is 12.1. The SMILES string of the molecule is CCC(O)CNC(=O)C1(N)C2CCCOC2C1(C)C. The molecule has 1 heterocycles. The third-order valence-electron chi connectivity index (χ3n) is 5.03. The van der Waals surface area contributed by atoms with Gasteiger partial charge in [0.05, 0.1) is 12.2 Å². The van der Waals surface area contributed by atoms with Gasteiger partial charge >= 0.3 is 0 Å². The van der Waals surface area contributed by atoms with Gasteiger partial charge in [-0.1, -0.05) is 20.8 Å². The molecular formula is C14H26N2O3. The molecule has 110 valence electrons. The Labute approximate surface area is 114 Å². The van der Waals surface area contributed by atoms with E-state index in [4.69, 9.17) is 10.5 Å². The van der Waals surface area contributed by atoms with Gasteiger partial charge < -0.3 is 20.9 Å². The molecule has 1 saturated heterocycles. The van der Waals surface area contributed by atoms with E-state index in [1.165, 1.54) is 0 Å². The first-order valence-electron chi connectivity index (χ1n) is 7.22. The topological polar surface area (TPSA) is 84.6 Å². The third-order valence-corrected chi connectivity index (χ3v) is 5.03. The number of carbonyl (C=O) groups excluding carboxylic acids is 1. The Morgan fingerprint density at radius 2 is 2.26 bits per heavy atom. The molecule has 5 heteroatoms. The summed E-state index contributed by atoms with van der Waals surface area (Å²) in [5.41, 5.74) is 5.19. The summed E-state index contributed by atoms with van der Waals surface area (Å²) >= 11 is 0. The number of amides is 1. The van der Waals surface area contributed by atoms with Gasteiger partial charge in [-0.2, -0.15) is 0 Å². The van der Waals surface area contributed by atoms with E-state index in [0.717, 1.165) is 19.4 Å². The molecule has 2 rings (SSSR count). The predicted molar refractivity (Wildman–Crippen MR) is 72.5 cm³/mol. The van der Waals surface area contributed by atoms with Crippen LogP contribution in [0.1, 0.15) is 40.0 Å². The summed E-state index contributed by atoms with van der Waals surface area (Å²) in [6.45, 7) is 6.90. The minimum Gasteiger partial charge on any atom is -0.391 e. The van der Waals surface area contributed by atoms with Crippen LogP contribution >= 0.6 is 0 Å². The van der Waals surface area contributed by atoms with Crippen molar-refractivity contribution in [1.82, 2.24) is 5.32 Å². The molecule has 4 unspecified atom stereocenters. The summed E-state index contributed by atoms with van der Waals surface area (Å²) in [6, 6.07) is 0. The maximum atomic E-state index is 12.4. The summed E-state index contributed by atoms with van der Waals surface area (Å²) in [5, 5.41) is 12.3. The smallest absolute Gasteiger partial charge is 0.241 e. The molecule has 5 nitrogen and oxygen atoms in total. The van der Waals surface area contributed by atoms with Crippen LogP contribution in [-0.2, 0) is 9.53 Å². The first-order valence-corrected chi connectivity index (χ1v) is 7.22. The van der Waals surface area contributed by atoms with Crippen molar-refractivity contribution in [3.63, 3.8) is 0 Å². The largest absolute Gasteiger partial charge is 0.391 e. The molecule has 0 radical (unpaired) electrons. The highest BCUT2D eigenvalue weighted by Crippen LogP contribution is 2.57. The van der Waals surface area contributed by atoms with Gasteiger partial charge in [0.25, 0.3) is 0 Å². The number of ether oxygens (including phenoxy) is 1. The lowest BCUT2D eigenvalue weighted by Crippen LogP contribution is -2.82. The second-order valence-corrected chi connectivity index (χ2v) is 6.40. The van der Waals surface area contributed by atoms with E-state index in [1.54, 1.807) is 0 Å². The van der Waals surface area contributed by atoms with E-state index in [1.807, 2.05) is 20.8 Å². The van der Waals surface area contributed by atoms with Crippen molar-refractivity contribution < 1.29 is 14.6 Å². The van der Waals surface area contributed by atoms with Gasteiger partial charge in [0, 0.05) is 24.5 Å². The fourth-order valence-corrected chi connectivity index (χ4v) is 3.54. The number of aliphatic hydroxyl groups excluding tert-OH is 1. The summed E-state index contributed by atoms with van der Waals surface area (Å²) in [4.78, 5) is 12.4. The Morgan fingerprint density at radius 3 is 2.89 bits per heavy atom. The Morgan fingerprint density at radius 1 is 1.58 bits per heavy atom. The minimum absolute atomic E-state index is 0.0769. The lowest BCUT2D eigenvalue weighted by atomic mass is 9.46. The van der Waals surface area contributed by atoms with Crippen molar-refractivity contribution in [3.8, 4) is 0 Å². The minimum atomic E-state index is -0.883. The van der Waals surface area contributed by atoms with Crippen molar-refractivity contribution in [3.05, 3.63) is 0 Å². The van der Waals surface area contributed by atoms with Crippen LogP contribution in [0.25, 0.3) is 0 Å². The number of rotatable bonds is 4. The Bertz CT molecular complexity index is 359. The fourth-order valence-electron chi connectivity index (χ4n) is 3.54. The summed E-state index contributed by atoms with van der Waals surface area (Å²) in [7, 11) is 0. The third kappa shape index (κ3) is 2.08. The predicted octanol–water partition coefficient (Wildman–Crippen LogP) is 0.406. The Balaban J connectivity index is 2.06. The summed E-state index contributed by atoms with van der Waals surface area (Å²) < 4.78 is 5.78. The lowest BCUT2D eigenvalue weighted by molar-refractivity contribution is -0.225. The molecule has 0 aromatic rings. The van der Waals surface area contributed by atoms with Gasteiger partial charge in [-0.05, 0) is 19.3 Å². The molecule has 2 aliphatic rings. The van der Waals surface area contributed by atoms with Crippen LogP contribution in [0.5, 0.6) is 0 Å². The fraction of sp³-hybridized carbons (Fsp3) is 0.929. The molecule has 0 aromatic carbocycles. The van der Waals surface area contributed by atoms with Gasteiger partial charge in [-0.15, -0.1) is 0 Å². The average Bonchev–Trinajstić information content (AvgIpc) is 2.43. The molecule has 4 N–H and O–H groups in total. The van der Waals surface area contributed by atoms with Crippen LogP contribution < -0.4 is 11.1 Å². The molecule has 2 fully saturated rings. The number of fused-ring (bicyclic) bond motifs is 1. The zero-order chi connectivity index (χ0) is 14.3. The van der Waals surface area contributed by atoms with Gasteiger partial charge in [-0.25, -0.2) is 0 Å². The highest BCUT2D eigenvalue weighted by atomic mass is 16.5. The first-order chi connectivity index (χ1) is 8.85. The van der Waals surface area contributed by atoms with E-state index in [9.17, 15) is 9.90 Å². The highest BCUT2D eigenvalue weighted by Gasteiger charge is 2.70. The van der Waals surface area contributed by atoms with Crippen LogP contribution in [0.15, 0.2) is 0 Å². The Kier molecular flexibility index (Phi) is 3.91. The monoisotopic (exact) mass is 270 g/mol. The Hall–Kier alpha value is -0.650. The van der Waals surface area contributed by atoms with E-state index in [2.05, 4.69) is 5.32 Å². The van der Waals surface area contributed by atoms with Gasteiger partial charge in [0.15, 0.2) is 0 Å². The standard InChI is InChI=1S/C14H26N2O3/c1-4-9(17)8-16-12(18)14(15)10-6-5-7-19-11(10)13(14,2)3/h9-11,17H,4-8,15H2,1-3H3,(H,16,18). The van der Waals surface area contributed by atoms with E-state index in [0.29, 0.717) is 6.42 Å². The maximum Gasteiger partial charge on any atom is 0.241 e. The summed E-state index contributed by atoms with van der Waals surface area (Å²) in [5.74, 6) is -0.0632. The van der Waals surface area contributed by atoms with E-state index in [-0.39, 0.29) is 29.9 Å². The zero-order valence-electron chi connectivity index (χ0n) is 12.1. The molecule has 1 aliphatic heterocycles. The second-order valence-electron chi connectivity index (χ2n) is 6.40. The highest BCUT2D eigenvalue weighted by molar-refractivity contribution is 5.89. The molecule has 4 atom stereocenters. The van der Waals surface area contributed by atoms with Crippen molar-refractivity contribution in [1.29, 1.82) is 0 Å². The van der Waals surface area contributed by atoms with Crippen molar-refractivity contribution >= 4 is 5.91 Å². The van der Waals surface area contributed by atoms with Gasteiger partial charge in [-0.3, -0.25) is 4.79 Å². The quantitative estimate of drug-likeness (QED) is 0.690. The molecule has 0 bridgehead atoms. The average molecular weight is 270 g/mol. The van der Waals surface area contributed by atoms with Crippen molar-refractivity contribution in [2.24, 2.45) is 17.1 Å². The molecular weight excluding hydrogens is 244 g/mol. The molecule has 0 spiro atoms. The number of nitrogens with one attached hydrogen (secondary N) is 1. The normalized spacial score (nSPS) is 37.9. The first kappa shape index (κ1) is 14.8. The second kappa shape index (κ2) is 5.04. The number of aliphatic hydroxyl groups is 1. The molecule has 19 heavy (non-hydrogen) atoms. The van der Waals surface area contributed by atoms with Crippen molar-refractivity contribution in [2.75, 3.05) is 13.2 Å². The van der Waals surface area contributed by atoms with Gasteiger partial charge in [0.1, 0.15) is 5.54 Å². The number of hydrogen-bond donors (Lipinski definition) is 3. The van der Waals surface area contributed by atoms with Crippen molar-refractivity contribution in [2.45, 2.75) is 57.8 Å². The summed E-state index contributed by atoms with van der Waals surface area (Å²) in [6.07, 6.45) is 2.09. The molecule has 1 aliphatic carbocycles. The number of hydrogen-bond acceptors (Lipinski definition) is 4. The van der Waals surface area contributed by atoms with Crippen LogP contribution in [0.3, 0.4) is 0 Å². The van der Waals surface area contributed by atoms with E-state index < -0.39 is 11.6 Å². The van der Waals surface area contributed by atoms with Crippen LogP contribution in [0.2, 0.25) is 0 Å². The maximum absolute atomic E-state index is 12.4.